The molecule has 2 aromatic rings. The van der Waals surface area contributed by atoms with E-state index < -0.39 is 0 Å². The molecule has 2 rings (SSSR count). The predicted molar refractivity (Wildman–Crippen MR) is 62.8 cm³/mol. The minimum absolute atomic E-state index is 0.166. The van der Waals surface area contributed by atoms with E-state index in [0.29, 0.717) is 6.54 Å². The van der Waals surface area contributed by atoms with Crippen LogP contribution in [0, 0.1) is 0 Å². The number of nitrogens with zero attached hydrogens (tertiary/aromatic N) is 3. The highest BCUT2D eigenvalue weighted by Crippen LogP contribution is 2.21. The van der Waals surface area contributed by atoms with Gasteiger partial charge in [0.2, 0.25) is 0 Å². The number of nitrogens with two attached hydrogens (primary N) is 1. The molecule has 0 aromatic carbocycles. The first-order chi connectivity index (χ1) is 7.04. The first-order valence-corrected chi connectivity index (χ1v) is 5.55. The third-order valence-electron chi connectivity index (χ3n) is 2.48. The molecule has 0 radical (unpaired) electrons. The molecule has 2 N–H and O–H groups in total. The predicted octanol–water partition coefficient (Wildman–Crippen LogP) is 1.73. The molecule has 80 valence electrons. The number of hydrogen-bond donors (Lipinski definition) is 1. The number of pyridine rings is 1. The number of rotatable bonds is 2. The van der Waals surface area contributed by atoms with Gasteiger partial charge >= 0.3 is 0 Å². The average Bonchev–Trinajstić information content (AvgIpc) is 2.61. The highest BCUT2D eigenvalue weighted by molar-refractivity contribution is 9.10. The highest BCUT2D eigenvalue weighted by Gasteiger charge is 2.24. The zero-order valence-corrected chi connectivity index (χ0v) is 10.3. The number of hydrogen-bond acceptors (Lipinski definition) is 3. The summed E-state index contributed by atoms with van der Waals surface area (Å²) < 4.78 is 2.97. The van der Waals surface area contributed by atoms with E-state index in [0.717, 1.165) is 15.9 Å². The lowest BCUT2D eigenvalue weighted by atomic mass is 9.93. The van der Waals surface area contributed by atoms with E-state index in [9.17, 15) is 0 Å². The lowest BCUT2D eigenvalue weighted by molar-refractivity contribution is 0.497. The summed E-state index contributed by atoms with van der Waals surface area (Å²) >= 11 is 3.43. The van der Waals surface area contributed by atoms with Gasteiger partial charge in [-0.05, 0) is 28.1 Å². The molecule has 0 atom stereocenters. The Labute approximate surface area is 96.6 Å². The fraction of sp³-hybridized carbons (Fsp3) is 0.400. The van der Waals surface area contributed by atoms with E-state index >= 15 is 0 Å². The van der Waals surface area contributed by atoms with Gasteiger partial charge in [-0.15, -0.1) is 10.2 Å². The summed E-state index contributed by atoms with van der Waals surface area (Å²) in [5.74, 6) is 0.890. The van der Waals surface area contributed by atoms with Crippen LogP contribution < -0.4 is 5.73 Å². The summed E-state index contributed by atoms with van der Waals surface area (Å²) in [5.41, 5.74) is 6.41. The van der Waals surface area contributed by atoms with Gasteiger partial charge in [-0.25, -0.2) is 0 Å². The maximum Gasteiger partial charge on any atom is 0.160 e. The summed E-state index contributed by atoms with van der Waals surface area (Å²) in [4.78, 5) is 0. The van der Waals surface area contributed by atoms with Crippen LogP contribution in [0.25, 0.3) is 5.65 Å². The summed E-state index contributed by atoms with van der Waals surface area (Å²) in [5, 5.41) is 8.30. The van der Waals surface area contributed by atoms with E-state index in [2.05, 4.69) is 40.0 Å². The zero-order chi connectivity index (χ0) is 11.1. The first-order valence-electron chi connectivity index (χ1n) is 4.75. The van der Waals surface area contributed by atoms with Gasteiger partial charge in [0.1, 0.15) is 5.82 Å². The summed E-state index contributed by atoms with van der Waals surface area (Å²) in [6.45, 7) is 4.66. The minimum Gasteiger partial charge on any atom is -0.329 e. The third-order valence-corrected chi connectivity index (χ3v) is 2.95. The molecule has 0 saturated carbocycles. The molecule has 2 heterocycles. The van der Waals surface area contributed by atoms with E-state index in [1.165, 1.54) is 0 Å². The molecular weight excluding hydrogens is 256 g/mol. The molecule has 2 aromatic heterocycles. The van der Waals surface area contributed by atoms with Crippen molar-refractivity contribution in [2.24, 2.45) is 5.73 Å². The van der Waals surface area contributed by atoms with Crippen LogP contribution in [0.15, 0.2) is 22.8 Å². The molecule has 0 amide bonds. The Morgan fingerprint density at radius 3 is 2.80 bits per heavy atom. The van der Waals surface area contributed by atoms with E-state index in [1.54, 1.807) is 0 Å². The Balaban J connectivity index is 2.67. The number of halogens is 1. The van der Waals surface area contributed by atoms with Crippen LogP contribution in [0.2, 0.25) is 0 Å². The number of aromatic nitrogens is 3. The van der Waals surface area contributed by atoms with Gasteiger partial charge in [0.15, 0.2) is 5.65 Å². The monoisotopic (exact) mass is 268 g/mol. The van der Waals surface area contributed by atoms with Crippen LogP contribution in [0.4, 0.5) is 0 Å². The second-order valence-electron chi connectivity index (χ2n) is 4.19. The largest absolute Gasteiger partial charge is 0.329 e. The topological polar surface area (TPSA) is 56.2 Å². The van der Waals surface area contributed by atoms with Crippen molar-refractivity contribution in [3.8, 4) is 0 Å². The highest BCUT2D eigenvalue weighted by atomic mass is 79.9. The second-order valence-corrected chi connectivity index (χ2v) is 5.10. The van der Waals surface area contributed by atoms with Crippen LogP contribution in [0.1, 0.15) is 19.7 Å². The molecule has 0 aliphatic heterocycles. The molecule has 0 aliphatic carbocycles. The van der Waals surface area contributed by atoms with Crippen molar-refractivity contribution >= 4 is 21.6 Å². The van der Waals surface area contributed by atoms with Crippen LogP contribution in [-0.2, 0) is 5.41 Å². The third kappa shape index (κ3) is 1.77. The molecule has 0 aliphatic rings. The Kier molecular flexibility index (Phi) is 2.52. The normalized spacial score (nSPS) is 12.3. The fourth-order valence-electron chi connectivity index (χ4n) is 1.42. The molecule has 5 heteroatoms. The molecule has 0 bridgehead atoms. The van der Waals surface area contributed by atoms with Gasteiger partial charge in [0.05, 0.1) is 0 Å². The van der Waals surface area contributed by atoms with E-state index in [1.807, 2.05) is 22.7 Å². The molecule has 4 nitrogen and oxygen atoms in total. The van der Waals surface area contributed by atoms with Crippen LogP contribution in [0.5, 0.6) is 0 Å². The lowest BCUT2D eigenvalue weighted by Gasteiger charge is -2.19. The van der Waals surface area contributed by atoms with Crippen molar-refractivity contribution in [3.63, 3.8) is 0 Å². The molecule has 0 unspecified atom stereocenters. The molecular formula is C10H13BrN4. The lowest BCUT2D eigenvalue weighted by Crippen LogP contribution is -2.30. The standard InChI is InChI=1S/C10H13BrN4/c1-10(2,6-12)9-14-13-8-4-3-7(11)5-15(8)9/h3-5H,6,12H2,1-2H3. The van der Waals surface area contributed by atoms with Crippen LogP contribution >= 0.6 is 15.9 Å². The average molecular weight is 269 g/mol. The maximum absolute atomic E-state index is 5.73. The van der Waals surface area contributed by atoms with E-state index in [-0.39, 0.29) is 5.41 Å². The Morgan fingerprint density at radius 2 is 2.13 bits per heavy atom. The van der Waals surface area contributed by atoms with Gasteiger partial charge in [-0.1, -0.05) is 13.8 Å². The Hall–Kier alpha value is -0.940. The Morgan fingerprint density at radius 1 is 1.40 bits per heavy atom. The van der Waals surface area contributed by atoms with Gasteiger partial charge < -0.3 is 5.73 Å². The molecule has 0 spiro atoms. The van der Waals surface area contributed by atoms with Crippen molar-refractivity contribution in [2.45, 2.75) is 19.3 Å². The maximum atomic E-state index is 5.73. The van der Waals surface area contributed by atoms with Gasteiger partial charge in [0, 0.05) is 22.6 Å². The van der Waals surface area contributed by atoms with Crippen molar-refractivity contribution in [2.75, 3.05) is 6.54 Å². The second kappa shape index (κ2) is 3.57. The minimum atomic E-state index is -0.166. The van der Waals surface area contributed by atoms with Crippen LogP contribution in [-0.4, -0.2) is 21.1 Å². The van der Waals surface area contributed by atoms with Crippen LogP contribution in [0.3, 0.4) is 0 Å². The van der Waals surface area contributed by atoms with Crippen molar-refractivity contribution in [3.05, 3.63) is 28.6 Å². The SMILES string of the molecule is CC(C)(CN)c1nnc2ccc(Br)cn12. The first kappa shape index (κ1) is 10.6. The van der Waals surface area contributed by atoms with Crippen molar-refractivity contribution in [1.82, 2.24) is 14.6 Å². The van der Waals surface area contributed by atoms with Gasteiger partial charge in [0.25, 0.3) is 0 Å². The zero-order valence-electron chi connectivity index (χ0n) is 8.74. The summed E-state index contributed by atoms with van der Waals surface area (Å²) in [6, 6.07) is 3.87. The molecule has 15 heavy (non-hydrogen) atoms. The smallest absolute Gasteiger partial charge is 0.160 e. The van der Waals surface area contributed by atoms with Crippen molar-refractivity contribution < 1.29 is 0 Å². The molecule has 0 saturated heterocycles. The fourth-order valence-corrected chi connectivity index (χ4v) is 1.75. The Bertz CT molecular complexity index is 489. The summed E-state index contributed by atoms with van der Waals surface area (Å²) in [6.07, 6.45) is 1.96. The molecule has 0 fully saturated rings. The number of fused-ring (bicyclic) bond motifs is 1. The van der Waals surface area contributed by atoms with Gasteiger partial charge in [-0.2, -0.15) is 0 Å². The summed E-state index contributed by atoms with van der Waals surface area (Å²) in [7, 11) is 0. The quantitative estimate of drug-likeness (QED) is 0.903. The van der Waals surface area contributed by atoms with Crippen molar-refractivity contribution in [1.29, 1.82) is 0 Å². The van der Waals surface area contributed by atoms with E-state index in [4.69, 9.17) is 5.73 Å². The van der Waals surface area contributed by atoms with Gasteiger partial charge in [-0.3, -0.25) is 4.40 Å².